The van der Waals surface area contributed by atoms with Crippen molar-refractivity contribution in [2.45, 2.75) is 51.4 Å². The van der Waals surface area contributed by atoms with Gasteiger partial charge in [-0.2, -0.15) is 4.99 Å². The fourth-order valence-electron chi connectivity index (χ4n) is 5.82. The third-order valence-electron chi connectivity index (χ3n) is 8.42. The molecule has 7 nitrogen and oxygen atoms in total. The Kier molecular flexibility index (Phi) is 7.49. The maximum atomic E-state index is 13.6. The number of likely N-dealkylation sites (tertiary alicyclic amines) is 1. The van der Waals surface area contributed by atoms with Crippen molar-refractivity contribution in [3.05, 3.63) is 59.2 Å². The predicted molar refractivity (Wildman–Crippen MR) is 143 cm³/mol. The summed E-state index contributed by atoms with van der Waals surface area (Å²) in [5.41, 5.74) is 2.24. The van der Waals surface area contributed by atoms with Crippen molar-refractivity contribution < 1.29 is 19.1 Å². The first-order valence-corrected chi connectivity index (χ1v) is 13.5. The molecule has 0 unspecified atom stereocenters. The van der Waals surface area contributed by atoms with E-state index < -0.39 is 5.41 Å². The lowest BCUT2D eigenvalue weighted by Gasteiger charge is -2.42. The Labute approximate surface area is 219 Å². The molecule has 0 aromatic heterocycles. The Morgan fingerprint density at radius 2 is 1.76 bits per heavy atom. The van der Waals surface area contributed by atoms with Crippen LogP contribution in [-0.4, -0.2) is 56.4 Å². The summed E-state index contributed by atoms with van der Waals surface area (Å²) in [6.07, 6.45) is 7.28. The van der Waals surface area contributed by atoms with Crippen LogP contribution < -0.4 is 14.8 Å². The van der Waals surface area contributed by atoms with Crippen molar-refractivity contribution in [2.75, 3.05) is 33.9 Å². The highest BCUT2D eigenvalue weighted by molar-refractivity contribution is 6.06. The second kappa shape index (κ2) is 11.0. The van der Waals surface area contributed by atoms with Gasteiger partial charge in [0.05, 0.1) is 19.6 Å². The summed E-state index contributed by atoms with van der Waals surface area (Å²) >= 11 is 0. The van der Waals surface area contributed by atoms with Crippen molar-refractivity contribution >= 4 is 17.6 Å². The number of amidine groups is 1. The van der Waals surface area contributed by atoms with E-state index in [9.17, 15) is 9.59 Å². The summed E-state index contributed by atoms with van der Waals surface area (Å²) in [7, 11) is 3.17. The lowest BCUT2D eigenvalue weighted by atomic mass is 9.72. The van der Waals surface area contributed by atoms with Crippen molar-refractivity contribution in [3.63, 3.8) is 0 Å². The molecule has 1 N–H and O–H groups in total. The molecule has 2 heterocycles. The lowest BCUT2D eigenvalue weighted by Crippen LogP contribution is -2.52. The van der Waals surface area contributed by atoms with Gasteiger partial charge in [-0.1, -0.05) is 36.8 Å². The van der Waals surface area contributed by atoms with E-state index in [4.69, 9.17) is 9.47 Å². The number of ether oxygens (including phenoxy) is 2. The number of benzene rings is 2. The van der Waals surface area contributed by atoms with Crippen molar-refractivity contribution in [1.29, 1.82) is 0 Å². The Balaban J connectivity index is 1.31. The number of carbonyl (C=O) groups is 2. The van der Waals surface area contributed by atoms with Crippen molar-refractivity contribution in [1.82, 2.24) is 10.2 Å². The quantitative estimate of drug-likeness (QED) is 0.605. The van der Waals surface area contributed by atoms with Crippen LogP contribution >= 0.6 is 0 Å². The Bertz CT molecular complexity index is 1160. The molecular formula is C30H37N3O4. The molecule has 2 aliphatic heterocycles. The fraction of sp³-hybridized carbons (Fsp3) is 0.500. The minimum atomic E-state index is -0.444. The summed E-state index contributed by atoms with van der Waals surface area (Å²) < 4.78 is 10.8. The number of hydrogen-bond donors (Lipinski definition) is 1. The highest BCUT2D eigenvalue weighted by Crippen LogP contribution is 2.38. The van der Waals surface area contributed by atoms with Gasteiger partial charge in [0.1, 0.15) is 5.84 Å². The fourth-order valence-corrected chi connectivity index (χ4v) is 5.82. The maximum absolute atomic E-state index is 13.6. The molecule has 196 valence electrons. The second-order valence-electron chi connectivity index (χ2n) is 10.6. The molecule has 2 aromatic carbocycles. The smallest absolute Gasteiger partial charge is 0.279 e. The third-order valence-corrected chi connectivity index (χ3v) is 8.42. The van der Waals surface area contributed by atoms with Crippen LogP contribution in [0.5, 0.6) is 11.5 Å². The predicted octanol–water partition coefficient (Wildman–Crippen LogP) is 4.43. The summed E-state index contributed by atoms with van der Waals surface area (Å²) in [6, 6.07) is 13.9. The van der Waals surface area contributed by atoms with Gasteiger partial charge in [-0.05, 0) is 67.7 Å². The summed E-state index contributed by atoms with van der Waals surface area (Å²) in [5, 5.41) is 3.29. The average molecular weight is 504 g/mol. The average Bonchev–Trinajstić information content (AvgIpc) is 3.06. The number of fused-ring (bicyclic) bond motifs is 1. The van der Waals surface area contributed by atoms with Crippen molar-refractivity contribution in [2.24, 2.45) is 16.3 Å². The second-order valence-corrected chi connectivity index (χ2v) is 10.6. The molecule has 7 heteroatoms. The van der Waals surface area contributed by atoms with E-state index in [0.717, 1.165) is 37.2 Å². The van der Waals surface area contributed by atoms with E-state index >= 15 is 0 Å². The van der Waals surface area contributed by atoms with Crippen LogP contribution in [0.4, 0.5) is 0 Å². The largest absolute Gasteiger partial charge is 0.493 e. The van der Waals surface area contributed by atoms with E-state index in [1.54, 1.807) is 20.3 Å². The standard InChI is InChI=1S/C30H37N3O4/c1-36-25-17-23-11-12-27(32-28(34)24(23)18-26(25)37-2)33-15-13-30(14-16-33,19-21-7-4-3-5-8-21)29(35)31-20-22-9-6-10-22/h3-5,7-8,17-18,22H,6,9-16,19-20H2,1-2H3,(H,31,35). The topological polar surface area (TPSA) is 80.2 Å². The number of amides is 2. The molecule has 0 radical (unpaired) electrons. The zero-order valence-electron chi connectivity index (χ0n) is 21.9. The van der Waals surface area contributed by atoms with Gasteiger partial charge in [0, 0.05) is 31.6 Å². The van der Waals surface area contributed by atoms with E-state index in [2.05, 4.69) is 27.3 Å². The molecule has 5 rings (SSSR count). The molecule has 0 atom stereocenters. The zero-order chi connectivity index (χ0) is 25.8. The van der Waals surface area contributed by atoms with Crippen LogP contribution in [0.1, 0.15) is 60.0 Å². The number of methoxy groups -OCH3 is 2. The number of aliphatic imine (C=N–C) groups is 1. The first kappa shape index (κ1) is 25.3. The minimum absolute atomic E-state index is 0.174. The molecular weight excluding hydrogens is 466 g/mol. The Morgan fingerprint density at radius 1 is 1.05 bits per heavy atom. The van der Waals surface area contributed by atoms with Crippen LogP contribution in [0, 0.1) is 11.3 Å². The number of piperidine rings is 1. The minimum Gasteiger partial charge on any atom is -0.493 e. The van der Waals surface area contributed by atoms with Crippen LogP contribution in [0.15, 0.2) is 47.5 Å². The van der Waals surface area contributed by atoms with Crippen LogP contribution in [0.25, 0.3) is 0 Å². The zero-order valence-corrected chi connectivity index (χ0v) is 21.9. The molecule has 0 spiro atoms. The Morgan fingerprint density at radius 3 is 2.41 bits per heavy atom. The SMILES string of the molecule is COc1cc2c(cc1OC)C(=O)N=C(N1CCC(Cc3ccccc3)(C(=O)NCC3CCC3)CC1)CC2. The van der Waals surface area contributed by atoms with Gasteiger partial charge < -0.3 is 19.7 Å². The number of hydrogen-bond acceptors (Lipinski definition) is 5. The monoisotopic (exact) mass is 503 g/mol. The van der Waals surface area contributed by atoms with E-state index in [1.165, 1.54) is 24.8 Å². The molecule has 1 saturated carbocycles. The maximum Gasteiger partial charge on any atom is 0.279 e. The highest BCUT2D eigenvalue weighted by atomic mass is 16.5. The summed E-state index contributed by atoms with van der Waals surface area (Å²) in [5.74, 6) is 2.51. The number of aryl methyl sites for hydroxylation is 1. The number of carbonyl (C=O) groups excluding carboxylic acids is 2. The van der Waals surface area contributed by atoms with Crippen LogP contribution in [-0.2, 0) is 17.6 Å². The molecule has 2 amide bonds. The molecule has 0 bridgehead atoms. The van der Waals surface area contributed by atoms with Crippen molar-refractivity contribution in [3.8, 4) is 11.5 Å². The normalized spacial score (nSPS) is 19.2. The molecule has 37 heavy (non-hydrogen) atoms. The van der Waals surface area contributed by atoms with Gasteiger partial charge >= 0.3 is 0 Å². The highest BCUT2D eigenvalue weighted by Gasteiger charge is 2.42. The van der Waals surface area contributed by atoms with Gasteiger partial charge in [0.15, 0.2) is 11.5 Å². The van der Waals surface area contributed by atoms with Gasteiger partial charge in [0.2, 0.25) is 5.91 Å². The van der Waals surface area contributed by atoms with Gasteiger partial charge in [0.25, 0.3) is 5.91 Å². The number of nitrogens with zero attached hydrogens (tertiary/aromatic N) is 2. The molecule has 1 aliphatic carbocycles. The summed E-state index contributed by atoms with van der Waals surface area (Å²) in [6.45, 7) is 2.20. The van der Waals surface area contributed by atoms with Gasteiger partial charge in [-0.3, -0.25) is 9.59 Å². The Hall–Kier alpha value is -3.35. The van der Waals surface area contributed by atoms with Crippen LogP contribution in [0.2, 0.25) is 0 Å². The lowest BCUT2D eigenvalue weighted by molar-refractivity contribution is -0.133. The molecule has 2 aromatic rings. The van der Waals surface area contributed by atoms with E-state index in [1.807, 2.05) is 24.3 Å². The summed E-state index contributed by atoms with van der Waals surface area (Å²) in [4.78, 5) is 33.4. The van der Waals surface area contributed by atoms with Gasteiger partial charge in [-0.15, -0.1) is 0 Å². The first-order chi connectivity index (χ1) is 18.0. The van der Waals surface area contributed by atoms with E-state index in [0.29, 0.717) is 48.9 Å². The first-order valence-electron chi connectivity index (χ1n) is 13.5. The molecule has 3 aliphatic rings. The molecule has 1 saturated heterocycles. The van der Waals surface area contributed by atoms with Crippen LogP contribution in [0.3, 0.4) is 0 Å². The van der Waals surface area contributed by atoms with E-state index in [-0.39, 0.29) is 11.8 Å². The molecule has 2 fully saturated rings. The number of rotatable bonds is 7. The number of nitrogens with one attached hydrogen (secondary N) is 1. The third kappa shape index (κ3) is 5.36. The van der Waals surface area contributed by atoms with Gasteiger partial charge in [-0.25, -0.2) is 0 Å².